The molecule has 0 aromatic carbocycles. The number of nitrogens with zero attached hydrogens (tertiary/aromatic N) is 2. The topological polar surface area (TPSA) is 66.0 Å². The molecule has 0 aliphatic heterocycles. The van der Waals surface area contributed by atoms with Gasteiger partial charge >= 0.3 is 0 Å². The number of guanidine groups is 1. The number of carbonyl (C=O) groups excluding carboxylic acids is 1. The molecule has 0 aliphatic rings. The monoisotopic (exact) mass is 460 g/mol. The summed E-state index contributed by atoms with van der Waals surface area (Å²) >= 11 is 1.77. The SMILES string of the molecule is CSCCNC(=NCC(=O)N(C)C)NCCOCCC(C)C.I. The number of amides is 1. The maximum Gasteiger partial charge on any atom is 0.243 e. The van der Waals surface area contributed by atoms with Crippen LogP contribution in [0, 0.1) is 5.92 Å². The molecule has 0 aromatic heterocycles. The Balaban J connectivity index is 0. The first-order valence-corrected chi connectivity index (χ1v) is 9.15. The van der Waals surface area contributed by atoms with Crippen LogP contribution in [-0.2, 0) is 9.53 Å². The Bertz CT molecular complexity index is 329. The summed E-state index contributed by atoms with van der Waals surface area (Å²) in [5.41, 5.74) is 0. The Morgan fingerprint density at radius 2 is 1.87 bits per heavy atom. The van der Waals surface area contributed by atoms with Crippen molar-refractivity contribution in [2.45, 2.75) is 20.3 Å². The summed E-state index contributed by atoms with van der Waals surface area (Å²) < 4.78 is 5.56. The molecule has 1 amide bonds. The third-order valence-corrected chi connectivity index (χ3v) is 3.46. The number of carbonyl (C=O) groups is 1. The average Bonchev–Trinajstić information content (AvgIpc) is 2.46. The predicted octanol–water partition coefficient (Wildman–Crippen LogP) is 1.65. The summed E-state index contributed by atoms with van der Waals surface area (Å²) in [6.07, 6.45) is 3.13. The van der Waals surface area contributed by atoms with E-state index in [1.54, 1.807) is 25.9 Å². The number of hydrogen-bond donors (Lipinski definition) is 2. The van der Waals surface area contributed by atoms with Gasteiger partial charge in [0.25, 0.3) is 0 Å². The van der Waals surface area contributed by atoms with Crippen molar-refractivity contribution < 1.29 is 9.53 Å². The highest BCUT2D eigenvalue weighted by Gasteiger charge is 2.04. The Morgan fingerprint density at radius 3 is 2.43 bits per heavy atom. The smallest absolute Gasteiger partial charge is 0.243 e. The minimum Gasteiger partial charge on any atom is -0.380 e. The molecule has 0 radical (unpaired) electrons. The van der Waals surface area contributed by atoms with Crippen LogP contribution in [-0.4, -0.2) is 75.7 Å². The van der Waals surface area contributed by atoms with E-state index in [1.807, 2.05) is 0 Å². The molecule has 6 nitrogen and oxygen atoms in total. The van der Waals surface area contributed by atoms with E-state index in [0.717, 1.165) is 25.3 Å². The fourth-order valence-corrected chi connectivity index (χ4v) is 1.70. The zero-order valence-electron chi connectivity index (χ0n) is 15.1. The van der Waals surface area contributed by atoms with Gasteiger partial charge in [-0.1, -0.05) is 13.8 Å². The van der Waals surface area contributed by atoms with Crippen molar-refractivity contribution in [1.29, 1.82) is 0 Å². The van der Waals surface area contributed by atoms with E-state index >= 15 is 0 Å². The number of rotatable bonds is 11. The van der Waals surface area contributed by atoms with Gasteiger partial charge in [-0.25, -0.2) is 4.99 Å². The maximum absolute atomic E-state index is 11.6. The van der Waals surface area contributed by atoms with Gasteiger partial charge in [0.1, 0.15) is 6.54 Å². The Kier molecular flexibility index (Phi) is 18.1. The Hall–Kier alpha value is -0.220. The lowest BCUT2D eigenvalue weighted by Crippen LogP contribution is -2.41. The Labute approximate surface area is 162 Å². The van der Waals surface area contributed by atoms with Crippen LogP contribution < -0.4 is 10.6 Å². The van der Waals surface area contributed by atoms with E-state index in [2.05, 4.69) is 35.7 Å². The van der Waals surface area contributed by atoms with Crippen molar-refractivity contribution >= 4 is 47.6 Å². The van der Waals surface area contributed by atoms with Crippen molar-refractivity contribution in [3.8, 4) is 0 Å². The number of aliphatic imine (C=N–C) groups is 1. The third kappa shape index (κ3) is 16.4. The van der Waals surface area contributed by atoms with Crippen LogP contribution in [0.15, 0.2) is 4.99 Å². The normalized spacial score (nSPS) is 11.1. The summed E-state index contributed by atoms with van der Waals surface area (Å²) in [5.74, 6) is 2.30. The van der Waals surface area contributed by atoms with E-state index in [-0.39, 0.29) is 36.4 Å². The van der Waals surface area contributed by atoms with Gasteiger partial charge in [0.2, 0.25) is 5.91 Å². The van der Waals surface area contributed by atoms with Gasteiger partial charge in [0, 0.05) is 39.5 Å². The fraction of sp³-hybridized carbons (Fsp3) is 0.867. The minimum atomic E-state index is -0.0147. The number of likely N-dealkylation sites (N-methyl/N-ethyl adjacent to an activating group) is 1. The molecule has 0 spiro atoms. The molecule has 0 saturated heterocycles. The second-order valence-electron chi connectivity index (χ2n) is 5.59. The molecule has 8 heteroatoms. The van der Waals surface area contributed by atoms with Gasteiger partial charge < -0.3 is 20.3 Å². The number of ether oxygens (including phenoxy) is 1. The van der Waals surface area contributed by atoms with Crippen LogP contribution in [0.5, 0.6) is 0 Å². The quantitative estimate of drug-likeness (QED) is 0.213. The summed E-state index contributed by atoms with van der Waals surface area (Å²) in [5, 5.41) is 6.41. The van der Waals surface area contributed by atoms with Gasteiger partial charge in [0.15, 0.2) is 5.96 Å². The first kappa shape index (κ1) is 25.0. The summed E-state index contributed by atoms with van der Waals surface area (Å²) in [4.78, 5) is 17.4. The fourth-order valence-electron chi connectivity index (χ4n) is 1.40. The molecule has 0 rings (SSSR count). The van der Waals surface area contributed by atoms with E-state index < -0.39 is 0 Å². The van der Waals surface area contributed by atoms with E-state index in [0.29, 0.717) is 25.0 Å². The first-order chi connectivity index (χ1) is 10.5. The van der Waals surface area contributed by atoms with Gasteiger partial charge in [-0.05, 0) is 18.6 Å². The number of hydrogen-bond acceptors (Lipinski definition) is 4. The third-order valence-electron chi connectivity index (χ3n) is 2.85. The van der Waals surface area contributed by atoms with Crippen LogP contribution in [0.25, 0.3) is 0 Å². The summed E-state index contributed by atoms with van der Waals surface area (Å²) in [7, 11) is 3.46. The molecule has 23 heavy (non-hydrogen) atoms. The van der Waals surface area contributed by atoms with Crippen molar-refractivity contribution in [2.24, 2.45) is 10.9 Å². The zero-order valence-corrected chi connectivity index (χ0v) is 18.2. The van der Waals surface area contributed by atoms with Crippen molar-refractivity contribution in [1.82, 2.24) is 15.5 Å². The molecule has 0 atom stereocenters. The van der Waals surface area contributed by atoms with Crippen molar-refractivity contribution in [3.63, 3.8) is 0 Å². The van der Waals surface area contributed by atoms with Crippen molar-refractivity contribution in [3.05, 3.63) is 0 Å². The summed E-state index contributed by atoms with van der Waals surface area (Å²) in [6.45, 7) is 7.43. The Morgan fingerprint density at radius 1 is 1.22 bits per heavy atom. The van der Waals surface area contributed by atoms with E-state index in [1.165, 1.54) is 4.90 Å². The van der Waals surface area contributed by atoms with E-state index in [4.69, 9.17) is 4.74 Å². The molecular weight excluding hydrogens is 427 g/mol. The lowest BCUT2D eigenvalue weighted by molar-refractivity contribution is -0.127. The minimum absolute atomic E-state index is 0. The number of thioether (sulfide) groups is 1. The molecule has 0 aliphatic carbocycles. The average molecular weight is 460 g/mol. The predicted molar refractivity (Wildman–Crippen MR) is 111 cm³/mol. The molecule has 0 bridgehead atoms. The van der Waals surface area contributed by atoms with Gasteiger partial charge in [-0.15, -0.1) is 24.0 Å². The second kappa shape index (κ2) is 16.6. The zero-order chi connectivity index (χ0) is 16.8. The molecule has 0 fully saturated rings. The number of halogens is 1. The van der Waals surface area contributed by atoms with Gasteiger partial charge in [0.05, 0.1) is 6.61 Å². The van der Waals surface area contributed by atoms with Crippen LogP contribution in [0.1, 0.15) is 20.3 Å². The second-order valence-corrected chi connectivity index (χ2v) is 6.58. The maximum atomic E-state index is 11.6. The highest BCUT2D eigenvalue weighted by molar-refractivity contribution is 14.0. The molecular formula is C15H33IN4O2S. The van der Waals surface area contributed by atoms with Crippen LogP contribution >= 0.6 is 35.7 Å². The molecule has 2 N–H and O–H groups in total. The molecule has 138 valence electrons. The first-order valence-electron chi connectivity index (χ1n) is 7.76. The highest BCUT2D eigenvalue weighted by Crippen LogP contribution is 1.98. The number of nitrogens with one attached hydrogen (secondary N) is 2. The molecule has 0 aromatic rings. The molecule has 0 heterocycles. The standard InChI is InChI=1S/C15H32N4O2S.HI/c1-13(2)6-9-21-10-7-16-15(17-8-11-22-5)18-12-14(20)19(3)4;/h13H,6-12H2,1-5H3,(H2,16,17,18);1H. The van der Waals surface area contributed by atoms with Gasteiger partial charge in [-0.2, -0.15) is 11.8 Å². The van der Waals surface area contributed by atoms with Crippen LogP contribution in [0.4, 0.5) is 0 Å². The van der Waals surface area contributed by atoms with Crippen LogP contribution in [0.2, 0.25) is 0 Å². The lowest BCUT2D eigenvalue weighted by atomic mass is 10.1. The van der Waals surface area contributed by atoms with E-state index in [9.17, 15) is 4.79 Å². The molecule has 0 saturated carbocycles. The van der Waals surface area contributed by atoms with Crippen LogP contribution in [0.3, 0.4) is 0 Å². The summed E-state index contributed by atoms with van der Waals surface area (Å²) in [6, 6.07) is 0. The molecule has 0 unspecified atom stereocenters. The van der Waals surface area contributed by atoms with Gasteiger partial charge in [-0.3, -0.25) is 4.79 Å². The van der Waals surface area contributed by atoms with Crippen molar-refractivity contribution in [2.75, 3.05) is 59.0 Å². The highest BCUT2D eigenvalue weighted by atomic mass is 127. The lowest BCUT2D eigenvalue weighted by Gasteiger charge is -2.14. The largest absolute Gasteiger partial charge is 0.380 e.